The largest absolute Gasteiger partial charge is 0.383 e. The first-order chi connectivity index (χ1) is 11.4. The monoisotopic (exact) mass is 354 g/mol. The van der Waals surface area contributed by atoms with E-state index in [9.17, 15) is 8.42 Å². The molecule has 6 heteroatoms. The molecule has 1 aromatic rings. The van der Waals surface area contributed by atoms with E-state index >= 15 is 0 Å². The van der Waals surface area contributed by atoms with E-state index in [4.69, 9.17) is 4.74 Å². The zero-order valence-corrected chi connectivity index (χ0v) is 15.8. The van der Waals surface area contributed by atoms with Crippen molar-refractivity contribution in [2.45, 2.75) is 38.8 Å². The van der Waals surface area contributed by atoms with Gasteiger partial charge < -0.3 is 4.74 Å². The molecule has 0 radical (unpaired) electrons. The third kappa shape index (κ3) is 5.28. The van der Waals surface area contributed by atoms with Crippen molar-refractivity contribution >= 4 is 10.0 Å². The minimum absolute atomic E-state index is 0.216. The summed E-state index contributed by atoms with van der Waals surface area (Å²) in [7, 11) is -1.49. The van der Waals surface area contributed by atoms with Crippen molar-refractivity contribution < 1.29 is 13.2 Å². The molecule has 0 spiro atoms. The smallest absolute Gasteiger partial charge is 0.214 e. The van der Waals surface area contributed by atoms with E-state index in [1.54, 1.807) is 11.4 Å². The predicted molar refractivity (Wildman–Crippen MR) is 97.6 cm³/mol. The van der Waals surface area contributed by atoms with Crippen LogP contribution in [-0.2, 0) is 21.2 Å². The van der Waals surface area contributed by atoms with Crippen molar-refractivity contribution in [1.29, 1.82) is 0 Å². The number of nitrogens with zero attached hydrogens (tertiary/aromatic N) is 2. The number of aryl methyl sites for hydroxylation is 1. The topological polar surface area (TPSA) is 49.9 Å². The summed E-state index contributed by atoms with van der Waals surface area (Å²) >= 11 is 0. The molecule has 1 aromatic carbocycles. The molecule has 0 bridgehead atoms. The third-order valence-corrected chi connectivity index (χ3v) is 6.62. The number of ether oxygens (including phenoxy) is 1. The van der Waals surface area contributed by atoms with Crippen molar-refractivity contribution in [2.75, 3.05) is 39.1 Å². The highest BCUT2D eigenvalue weighted by Crippen LogP contribution is 2.19. The van der Waals surface area contributed by atoms with Gasteiger partial charge in [-0.05, 0) is 32.3 Å². The van der Waals surface area contributed by atoms with E-state index in [2.05, 4.69) is 18.7 Å². The summed E-state index contributed by atoms with van der Waals surface area (Å²) in [4.78, 5) is 2.33. The summed E-state index contributed by atoms with van der Waals surface area (Å²) in [6, 6.07) is 10.5. The number of methoxy groups -OCH3 is 1. The molecule has 1 saturated heterocycles. The Morgan fingerprint density at radius 3 is 2.33 bits per heavy atom. The van der Waals surface area contributed by atoms with Gasteiger partial charge in [0.2, 0.25) is 10.0 Å². The van der Waals surface area contributed by atoms with Gasteiger partial charge in [0.25, 0.3) is 0 Å². The molecule has 1 aliphatic heterocycles. The first-order valence-electron chi connectivity index (χ1n) is 8.70. The van der Waals surface area contributed by atoms with Crippen LogP contribution in [0.2, 0.25) is 0 Å². The summed E-state index contributed by atoms with van der Waals surface area (Å²) < 4.78 is 32.2. The van der Waals surface area contributed by atoms with Crippen LogP contribution in [-0.4, -0.2) is 68.8 Å². The lowest BCUT2D eigenvalue weighted by Crippen LogP contribution is -2.58. The second-order valence-corrected chi connectivity index (χ2v) is 8.74. The molecule has 0 saturated carbocycles. The van der Waals surface area contributed by atoms with E-state index in [1.807, 2.05) is 30.3 Å². The van der Waals surface area contributed by atoms with Crippen LogP contribution in [0.3, 0.4) is 0 Å². The van der Waals surface area contributed by atoms with Crippen LogP contribution in [0, 0.1) is 0 Å². The zero-order chi connectivity index (χ0) is 17.6. The maximum Gasteiger partial charge on any atom is 0.214 e. The third-order valence-electron chi connectivity index (χ3n) is 4.73. The molecular formula is C18H30N2O3S. The average Bonchev–Trinajstić information content (AvgIpc) is 2.55. The van der Waals surface area contributed by atoms with Gasteiger partial charge in [-0.25, -0.2) is 8.42 Å². The van der Waals surface area contributed by atoms with Gasteiger partial charge in [0, 0.05) is 38.8 Å². The van der Waals surface area contributed by atoms with Crippen LogP contribution in [0.4, 0.5) is 0 Å². The SMILES string of the molecule is COCCN1C(C)CN(S(=O)(=O)CCCc2ccccc2)CC1C. The fourth-order valence-electron chi connectivity index (χ4n) is 3.41. The number of piperazine rings is 1. The highest BCUT2D eigenvalue weighted by atomic mass is 32.2. The summed E-state index contributed by atoms with van der Waals surface area (Å²) in [6.07, 6.45) is 1.47. The van der Waals surface area contributed by atoms with Crippen molar-refractivity contribution in [3.8, 4) is 0 Å². The standard InChI is InChI=1S/C18H30N2O3S/c1-16-14-19(15-17(2)20(16)11-12-23-3)24(21,22)13-7-10-18-8-5-4-6-9-18/h4-6,8-9,16-17H,7,10-15H2,1-3H3. The zero-order valence-electron chi connectivity index (χ0n) is 15.0. The van der Waals surface area contributed by atoms with Gasteiger partial charge in [0.15, 0.2) is 0 Å². The highest BCUT2D eigenvalue weighted by molar-refractivity contribution is 7.89. The lowest BCUT2D eigenvalue weighted by Gasteiger charge is -2.43. The second kappa shape index (κ2) is 8.94. The van der Waals surface area contributed by atoms with Crippen LogP contribution in [0.1, 0.15) is 25.8 Å². The fraction of sp³-hybridized carbons (Fsp3) is 0.667. The van der Waals surface area contributed by atoms with Gasteiger partial charge >= 0.3 is 0 Å². The maximum absolute atomic E-state index is 12.7. The Morgan fingerprint density at radius 1 is 1.12 bits per heavy atom. The number of benzene rings is 1. The first kappa shape index (κ1) is 19.4. The van der Waals surface area contributed by atoms with Gasteiger partial charge in [-0.2, -0.15) is 4.31 Å². The van der Waals surface area contributed by atoms with Crippen molar-refractivity contribution in [2.24, 2.45) is 0 Å². The Hall–Kier alpha value is -0.950. The summed E-state index contributed by atoms with van der Waals surface area (Å²) in [5.41, 5.74) is 1.19. The van der Waals surface area contributed by atoms with Crippen molar-refractivity contribution in [3.63, 3.8) is 0 Å². The number of sulfonamides is 1. The molecule has 0 amide bonds. The highest BCUT2D eigenvalue weighted by Gasteiger charge is 2.34. The molecule has 2 rings (SSSR count). The van der Waals surface area contributed by atoms with Gasteiger partial charge in [0.05, 0.1) is 12.4 Å². The van der Waals surface area contributed by atoms with Crippen LogP contribution in [0.15, 0.2) is 30.3 Å². The van der Waals surface area contributed by atoms with E-state index in [0.717, 1.165) is 13.0 Å². The second-order valence-electron chi connectivity index (χ2n) is 6.65. The van der Waals surface area contributed by atoms with Gasteiger partial charge in [0.1, 0.15) is 0 Å². The summed E-state index contributed by atoms with van der Waals surface area (Å²) in [5, 5.41) is 0. The molecule has 1 aliphatic rings. The van der Waals surface area contributed by atoms with E-state index in [0.29, 0.717) is 26.1 Å². The molecule has 2 unspecified atom stereocenters. The quantitative estimate of drug-likeness (QED) is 0.716. The molecular weight excluding hydrogens is 324 g/mol. The predicted octanol–water partition coefficient (Wildman–Crippen LogP) is 1.99. The number of rotatable bonds is 8. The lowest BCUT2D eigenvalue weighted by atomic mass is 10.1. The summed E-state index contributed by atoms with van der Waals surface area (Å²) in [6.45, 7) is 6.86. The first-order valence-corrected chi connectivity index (χ1v) is 10.3. The molecule has 136 valence electrons. The molecule has 24 heavy (non-hydrogen) atoms. The van der Waals surface area contributed by atoms with Crippen LogP contribution in [0.25, 0.3) is 0 Å². The van der Waals surface area contributed by atoms with E-state index < -0.39 is 10.0 Å². The summed E-state index contributed by atoms with van der Waals surface area (Å²) in [5.74, 6) is 0.222. The Balaban J connectivity index is 1.88. The molecule has 0 aliphatic carbocycles. The Kier molecular flexibility index (Phi) is 7.22. The molecule has 0 aromatic heterocycles. The van der Waals surface area contributed by atoms with Crippen LogP contribution in [0.5, 0.6) is 0 Å². The van der Waals surface area contributed by atoms with Gasteiger partial charge in [-0.1, -0.05) is 30.3 Å². The average molecular weight is 355 g/mol. The van der Waals surface area contributed by atoms with Gasteiger partial charge in [-0.3, -0.25) is 4.90 Å². The fourth-order valence-corrected chi connectivity index (χ4v) is 5.06. The maximum atomic E-state index is 12.7. The lowest BCUT2D eigenvalue weighted by molar-refractivity contribution is 0.0496. The van der Waals surface area contributed by atoms with Gasteiger partial charge in [-0.15, -0.1) is 0 Å². The molecule has 1 heterocycles. The Labute approximate surface area is 146 Å². The van der Waals surface area contributed by atoms with Crippen molar-refractivity contribution in [1.82, 2.24) is 9.21 Å². The van der Waals surface area contributed by atoms with Crippen LogP contribution < -0.4 is 0 Å². The van der Waals surface area contributed by atoms with E-state index in [-0.39, 0.29) is 17.8 Å². The minimum atomic E-state index is -3.19. The molecule has 1 fully saturated rings. The minimum Gasteiger partial charge on any atom is -0.383 e. The molecule has 5 nitrogen and oxygen atoms in total. The normalized spacial score (nSPS) is 23.5. The number of hydrogen-bond donors (Lipinski definition) is 0. The Morgan fingerprint density at radius 2 is 1.75 bits per heavy atom. The molecule has 2 atom stereocenters. The number of hydrogen-bond acceptors (Lipinski definition) is 4. The van der Waals surface area contributed by atoms with Crippen molar-refractivity contribution in [3.05, 3.63) is 35.9 Å². The van der Waals surface area contributed by atoms with E-state index in [1.165, 1.54) is 5.56 Å². The molecule has 0 N–H and O–H groups in total. The Bertz CT molecular complexity index is 580. The van der Waals surface area contributed by atoms with Crippen LogP contribution >= 0.6 is 0 Å².